The van der Waals surface area contributed by atoms with Gasteiger partial charge in [-0.1, -0.05) is 18.6 Å². The lowest BCUT2D eigenvalue weighted by Gasteiger charge is -2.19. The van der Waals surface area contributed by atoms with Crippen molar-refractivity contribution in [3.8, 4) is 0 Å². The van der Waals surface area contributed by atoms with Crippen molar-refractivity contribution in [2.24, 2.45) is 5.92 Å². The minimum absolute atomic E-state index is 0.0249. The number of sulfonamides is 1. The van der Waals surface area contributed by atoms with E-state index in [-0.39, 0.29) is 23.5 Å². The fraction of sp³-hybridized carbons (Fsp3) is 0.538. The molecule has 0 amide bonds. The Morgan fingerprint density at radius 1 is 1.26 bits per heavy atom. The van der Waals surface area contributed by atoms with Crippen LogP contribution in [0.5, 0.6) is 0 Å². The first-order valence-electron chi connectivity index (χ1n) is 6.35. The molecule has 2 atom stereocenters. The van der Waals surface area contributed by atoms with Gasteiger partial charge in [0.1, 0.15) is 0 Å². The fourth-order valence-corrected chi connectivity index (χ4v) is 3.95. The lowest BCUT2D eigenvalue weighted by molar-refractivity contribution is 0.213. The Bertz CT molecular complexity index is 515. The van der Waals surface area contributed by atoms with Crippen LogP contribution >= 0.6 is 11.6 Å². The number of rotatable bonds is 5. The zero-order valence-electron chi connectivity index (χ0n) is 10.5. The number of aliphatic hydroxyl groups is 1. The van der Waals surface area contributed by atoms with Gasteiger partial charge in [-0.25, -0.2) is 13.1 Å². The van der Waals surface area contributed by atoms with Gasteiger partial charge in [0.25, 0.3) is 0 Å². The molecule has 19 heavy (non-hydrogen) atoms. The molecule has 1 fully saturated rings. The zero-order chi connectivity index (χ0) is 13.9. The molecule has 0 radical (unpaired) electrons. The number of aliphatic hydroxyl groups excluding tert-OH is 1. The molecule has 4 nitrogen and oxygen atoms in total. The number of hydrogen-bond acceptors (Lipinski definition) is 3. The van der Waals surface area contributed by atoms with Gasteiger partial charge < -0.3 is 5.11 Å². The molecule has 1 saturated carbocycles. The second-order valence-electron chi connectivity index (χ2n) is 4.88. The Balaban J connectivity index is 2.13. The van der Waals surface area contributed by atoms with Crippen molar-refractivity contribution < 1.29 is 13.5 Å². The highest BCUT2D eigenvalue weighted by molar-refractivity contribution is 7.89. The summed E-state index contributed by atoms with van der Waals surface area (Å²) < 4.78 is 27.1. The van der Waals surface area contributed by atoms with Gasteiger partial charge in [-0.05, 0) is 36.5 Å². The van der Waals surface area contributed by atoms with Crippen molar-refractivity contribution in [3.05, 3.63) is 29.8 Å². The van der Waals surface area contributed by atoms with E-state index in [1.807, 2.05) is 0 Å². The molecule has 2 unspecified atom stereocenters. The molecule has 106 valence electrons. The van der Waals surface area contributed by atoms with Crippen LogP contribution in [0, 0.1) is 5.92 Å². The topological polar surface area (TPSA) is 66.4 Å². The summed E-state index contributed by atoms with van der Waals surface area (Å²) in [5.74, 6) is 0.389. The molecular formula is C13H18ClNO3S. The van der Waals surface area contributed by atoms with Crippen molar-refractivity contribution >= 4 is 21.6 Å². The van der Waals surface area contributed by atoms with Gasteiger partial charge in [-0.15, -0.1) is 11.6 Å². The minimum Gasteiger partial charge on any atom is -0.396 e. The van der Waals surface area contributed by atoms with Crippen LogP contribution in [0.1, 0.15) is 24.8 Å². The maximum Gasteiger partial charge on any atom is 0.240 e. The van der Waals surface area contributed by atoms with Crippen LogP contribution < -0.4 is 4.72 Å². The van der Waals surface area contributed by atoms with E-state index in [1.165, 1.54) is 0 Å². The number of nitrogens with one attached hydrogen (secondary N) is 1. The molecule has 1 aliphatic rings. The van der Waals surface area contributed by atoms with Gasteiger partial charge in [0, 0.05) is 18.5 Å². The molecular weight excluding hydrogens is 286 g/mol. The SMILES string of the molecule is O=S(=O)(NC1CCCC1CO)c1ccc(CCl)cc1. The largest absolute Gasteiger partial charge is 0.396 e. The molecule has 0 aliphatic heterocycles. The lowest BCUT2D eigenvalue weighted by Crippen LogP contribution is -2.38. The molecule has 6 heteroatoms. The van der Waals surface area contributed by atoms with Crippen LogP contribution in [-0.4, -0.2) is 26.2 Å². The third kappa shape index (κ3) is 3.48. The molecule has 1 aromatic carbocycles. The Hall–Kier alpha value is -0.620. The second-order valence-corrected chi connectivity index (χ2v) is 6.86. The fourth-order valence-electron chi connectivity index (χ4n) is 2.44. The highest BCUT2D eigenvalue weighted by Crippen LogP contribution is 2.26. The molecule has 2 N–H and O–H groups in total. The summed E-state index contributed by atoms with van der Waals surface area (Å²) in [6.45, 7) is 0.0262. The Morgan fingerprint density at radius 3 is 2.53 bits per heavy atom. The van der Waals surface area contributed by atoms with Crippen LogP contribution in [0.2, 0.25) is 0 Å². The van der Waals surface area contributed by atoms with Crippen molar-refractivity contribution in [1.29, 1.82) is 0 Å². The first-order valence-corrected chi connectivity index (χ1v) is 8.36. The summed E-state index contributed by atoms with van der Waals surface area (Å²) in [6.07, 6.45) is 2.60. The average molecular weight is 304 g/mol. The van der Waals surface area contributed by atoms with E-state index in [4.69, 9.17) is 11.6 Å². The van der Waals surface area contributed by atoms with Gasteiger partial charge >= 0.3 is 0 Å². The van der Waals surface area contributed by atoms with Crippen LogP contribution in [-0.2, 0) is 15.9 Å². The summed E-state index contributed by atoms with van der Waals surface area (Å²) in [5.41, 5.74) is 0.884. The monoisotopic (exact) mass is 303 g/mol. The average Bonchev–Trinajstić information content (AvgIpc) is 2.85. The predicted octanol–water partition coefficient (Wildman–Crippen LogP) is 1.86. The van der Waals surface area contributed by atoms with E-state index >= 15 is 0 Å². The van der Waals surface area contributed by atoms with Crippen molar-refractivity contribution in [2.75, 3.05) is 6.61 Å². The lowest BCUT2D eigenvalue weighted by atomic mass is 10.1. The van der Waals surface area contributed by atoms with Gasteiger partial charge in [0.05, 0.1) is 4.90 Å². The summed E-state index contributed by atoms with van der Waals surface area (Å²) in [6, 6.07) is 6.37. The molecule has 1 aromatic rings. The van der Waals surface area contributed by atoms with Crippen molar-refractivity contribution in [2.45, 2.75) is 36.1 Å². The molecule has 1 aliphatic carbocycles. The summed E-state index contributed by atoms with van der Waals surface area (Å²) >= 11 is 5.68. The van der Waals surface area contributed by atoms with Gasteiger partial charge in [0.2, 0.25) is 10.0 Å². The van der Waals surface area contributed by atoms with Crippen LogP contribution in [0.15, 0.2) is 29.2 Å². The smallest absolute Gasteiger partial charge is 0.240 e. The number of benzene rings is 1. The van der Waals surface area contributed by atoms with E-state index < -0.39 is 10.0 Å². The van der Waals surface area contributed by atoms with E-state index in [0.29, 0.717) is 5.88 Å². The summed E-state index contributed by atoms with van der Waals surface area (Å²) in [4.78, 5) is 0.241. The molecule has 2 rings (SSSR count). The van der Waals surface area contributed by atoms with E-state index in [9.17, 15) is 13.5 Å². The predicted molar refractivity (Wildman–Crippen MR) is 74.5 cm³/mol. The highest BCUT2D eigenvalue weighted by Gasteiger charge is 2.30. The van der Waals surface area contributed by atoms with Gasteiger partial charge in [-0.3, -0.25) is 0 Å². The van der Waals surface area contributed by atoms with Crippen LogP contribution in [0.25, 0.3) is 0 Å². The summed E-state index contributed by atoms with van der Waals surface area (Å²) in [5, 5.41) is 9.22. The first-order chi connectivity index (χ1) is 9.06. The molecule has 0 aromatic heterocycles. The number of halogens is 1. The maximum absolute atomic E-state index is 12.2. The normalized spacial score (nSPS) is 23.7. The minimum atomic E-state index is -3.52. The van der Waals surface area contributed by atoms with E-state index in [1.54, 1.807) is 24.3 Å². The third-order valence-corrected chi connectivity index (χ3v) is 5.40. The van der Waals surface area contributed by atoms with Crippen LogP contribution in [0.4, 0.5) is 0 Å². The van der Waals surface area contributed by atoms with Crippen molar-refractivity contribution in [1.82, 2.24) is 4.72 Å². The van der Waals surface area contributed by atoms with E-state index in [0.717, 1.165) is 24.8 Å². The van der Waals surface area contributed by atoms with E-state index in [2.05, 4.69) is 4.72 Å². The zero-order valence-corrected chi connectivity index (χ0v) is 12.1. The Morgan fingerprint density at radius 2 is 1.95 bits per heavy atom. The van der Waals surface area contributed by atoms with Crippen LogP contribution in [0.3, 0.4) is 0 Å². The number of hydrogen-bond donors (Lipinski definition) is 2. The second kappa shape index (κ2) is 6.22. The molecule has 0 spiro atoms. The molecule has 0 saturated heterocycles. The third-order valence-electron chi connectivity index (χ3n) is 3.59. The summed E-state index contributed by atoms with van der Waals surface area (Å²) in [7, 11) is -3.52. The Kier molecular flexibility index (Phi) is 4.84. The Labute approximate surface area is 118 Å². The van der Waals surface area contributed by atoms with Crippen molar-refractivity contribution in [3.63, 3.8) is 0 Å². The quantitative estimate of drug-likeness (QED) is 0.816. The van der Waals surface area contributed by atoms with Gasteiger partial charge in [-0.2, -0.15) is 0 Å². The molecule has 0 bridgehead atoms. The number of alkyl halides is 1. The van der Waals surface area contributed by atoms with Gasteiger partial charge in [0.15, 0.2) is 0 Å². The highest BCUT2D eigenvalue weighted by atomic mass is 35.5. The maximum atomic E-state index is 12.2. The first kappa shape index (κ1) is 14.8. The standard InChI is InChI=1S/C13H18ClNO3S/c14-8-10-4-6-12(7-5-10)19(17,18)15-13-3-1-2-11(13)9-16/h4-7,11,13,15-16H,1-3,8-9H2. The molecule has 0 heterocycles.